The van der Waals surface area contributed by atoms with Gasteiger partial charge in [-0.1, -0.05) is 24.3 Å². The minimum atomic E-state index is -0.426. The summed E-state index contributed by atoms with van der Waals surface area (Å²) in [6, 6.07) is 14.3. The molecule has 0 saturated heterocycles. The molecule has 8 heteroatoms. The van der Waals surface area contributed by atoms with E-state index >= 15 is 0 Å². The zero-order chi connectivity index (χ0) is 18.2. The number of amides is 2. The Morgan fingerprint density at radius 1 is 1.12 bits per heavy atom. The van der Waals surface area contributed by atoms with Gasteiger partial charge in [0.1, 0.15) is 5.75 Å². The molecule has 0 aliphatic carbocycles. The first kappa shape index (κ1) is 19.1. The van der Waals surface area contributed by atoms with Gasteiger partial charge in [0.2, 0.25) is 0 Å². The Hall–Kier alpha value is -2.20. The number of hydrazine groups is 1. The summed E-state index contributed by atoms with van der Waals surface area (Å²) in [6.45, 7) is 1.78. The Labute approximate surface area is 164 Å². The van der Waals surface area contributed by atoms with Crippen LogP contribution in [-0.2, 0) is 4.79 Å². The molecule has 6 nitrogen and oxygen atoms in total. The van der Waals surface area contributed by atoms with Crippen LogP contribution in [0.4, 0.5) is 0 Å². The van der Waals surface area contributed by atoms with Crippen molar-refractivity contribution < 1.29 is 14.3 Å². The van der Waals surface area contributed by atoms with Gasteiger partial charge in [0.25, 0.3) is 11.8 Å². The molecule has 2 amide bonds. The highest BCUT2D eigenvalue weighted by Gasteiger charge is 2.10. The van der Waals surface area contributed by atoms with Gasteiger partial charge in [0.05, 0.1) is 0 Å². The largest absolute Gasteiger partial charge is 0.484 e. The van der Waals surface area contributed by atoms with Gasteiger partial charge in [-0.3, -0.25) is 25.8 Å². The molecule has 0 atom stereocenters. The van der Waals surface area contributed by atoms with Gasteiger partial charge in [-0.05, 0) is 71.6 Å². The fraction of sp³-hybridized carbons (Fsp3) is 0.118. The molecule has 0 bridgehead atoms. The van der Waals surface area contributed by atoms with Crippen LogP contribution in [0.1, 0.15) is 15.9 Å². The number of carbonyl (C=O) groups is 2. The van der Waals surface area contributed by atoms with Gasteiger partial charge >= 0.3 is 0 Å². The maximum absolute atomic E-state index is 12.1. The Balaban J connectivity index is 1.75. The normalized spacial score (nSPS) is 9.84. The predicted molar refractivity (Wildman–Crippen MR) is 107 cm³/mol. The van der Waals surface area contributed by atoms with E-state index in [2.05, 4.69) is 38.8 Å². The Bertz CT molecular complexity index is 784. The quantitative estimate of drug-likeness (QED) is 0.364. The summed E-state index contributed by atoms with van der Waals surface area (Å²) in [5.41, 5.74) is 6.39. The number of benzene rings is 2. The molecular formula is C17H16IN3O3S. The number of halogens is 1. The molecule has 2 rings (SSSR count). The number of ether oxygens (including phenoxy) is 1. The number of thiocarbonyl (C=S) groups is 1. The molecule has 0 heterocycles. The van der Waals surface area contributed by atoms with Crippen LogP contribution in [0, 0.1) is 10.5 Å². The number of para-hydroxylation sites is 1. The van der Waals surface area contributed by atoms with Crippen molar-refractivity contribution in [3.8, 4) is 5.75 Å². The topological polar surface area (TPSA) is 79.5 Å². The van der Waals surface area contributed by atoms with E-state index in [4.69, 9.17) is 17.0 Å². The van der Waals surface area contributed by atoms with Crippen molar-refractivity contribution in [1.29, 1.82) is 0 Å². The van der Waals surface area contributed by atoms with Crippen LogP contribution in [0.15, 0.2) is 48.5 Å². The van der Waals surface area contributed by atoms with Crippen molar-refractivity contribution >= 4 is 51.7 Å². The molecule has 0 aromatic heterocycles. The SMILES string of the molecule is Cc1ccc(C(=O)NC(=S)NNC(=O)COc2ccccc2)cc1I. The van der Waals surface area contributed by atoms with Crippen LogP contribution in [0.2, 0.25) is 0 Å². The summed E-state index contributed by atoms with van der Waals surface area (Å²) in [4.78, 5) is 23.8. The zero-order valence-electron chi connectivity index (χ0n) is 13.3. The minimum absolute atomic E-state index is 0.00588. The molecule has 2 aromatic carbocycles. The summed E-state index contributed by atoms with van der Waals surface area (Å²) in [5, 5.41) is 2.49. The number of carbonyl (C=O) groups excluding carboxylic acids is 2. The summed E-state index contributed by atoms with van der Waals surface area (Å²) < 4.78 is 6.27. The zero-order valence-corrected chi connectivity index (χ0v) is 16.3. The van der Waals surface area contributed by atoms with Crippen molar-refractivity contribution in [2.45, 2.75) is 6.92 Å². The Kier molecular flexibility index (Phi) is 7.14. The second kappa shape index (κ2) is 9.33. The first-order valence-electron chi connectivity index (χ1n) is 7.30. The molecule has 0 aliphatic rings. The fourth-order valence-electron chi connectivity index (χ4n) is 1.77. The lowest BCUT2D eigenvalue weighted by Crippen LogP contribution is -2.49. The molecule has 0 unspecified atom stereocenters. The number of aryl methyl sites for hydroxylation is 1. The summed E-state index contributed by atoms with van der Waals surface area (Å²) in [6.07, 6.45) is 0. The number of nitrogens with one attached hydrogen (secondary N) is 3. The van der Waals surface area contributed by atoms with Crippen molar-refractivity contribution in [2.75, 3.05) is 6.61 Å². The first-order valence-corrected chi connectivity index (χ1v) is 8.78. The Morgan fingerprint density at radius 3 is 2.52 bits per heavy atom. The van der Waals surface area contributed by atoms with Gasteiger partial charge in [0, 0.05) is 9.13 Å². The predicted octanol–water partition coefficient (Wildman–Crippen LogP) is 2.31. The molecule has 0 spiro atoms. The van der Waals surface area contributed by atoms with Crippen molar-refractivity contribution in [1.82, 2.24) is 16.2 Å². The van der Waals surface area contributed by atoms with Gasteiger partial charge in [-0.25, -0.2) is 0 Å². The lowest BCUT2D eigenvalue weighted by Gasteiger charge is -2.11. The van der Waals surface area contributed by atoms with E-state index in [0.29, 0.717) is 11.3 Å². The lowest BCUT2D eigenvalue weighted by atomic mass is 10.1. The molecule has 2 aromatic rings. The van der Waals surface area contributed by atoms with Gasteiger partial charge in [-0.15, -0.1) is 0 Å². The minimum Gasteiger partial charge on any atom is -0.484 e. The van der Waals surface area contributed by atoms with Crippen LogP contribution < -0.4 is 20.9 Å². The van der Waals surface area contributed by atoms with Crippen LogP contribution in [-0.4, -0.2) is 23.5 Å². The standard InChI is InChI=1S/C17H16IN3O3S/c1-11-7-8-12(9-14(11)18)16(23)19-17(25)21-20-15(22)10-24-13-5-3-2-4-6-13/h2-9H,10H2,1H3,(H,20,22)(H2,19,21,23,25). The maximum atomic E-state index is 12.1. The molecule has 25 heavy (non-hydrogen) atoms. The second-order valence-electron chi connectivity index (χ2n) is 5.02. The molecule has 0 aliphatic heterocycles. The average molecular weight is 469 g/mol. The molecule has 0 radical (unpaired) electrons. The van der Waals surface area contributed by atoms with Crippen LogP contribution in [0.25, 0.3) is 0 Å². The first-order chi connectivity index (χ1) is 12.0. The number of hydrogen-bond acceptors (Lipinski definition) is 4. The van der Waals surface area contributed by atoms with E-state index in [9.17, 15) is 9.59 Å². The number of rotatable bonds is 4. The van der Waals surface area contributed by atoms with E-state index < -0.39 is 5.91 Å². The Morgan fingerprint density at radius 2 is 1.84 bits per heavy atom. The molecule has 130 valence electrons. The highest BCUT2D eigenvalue weighted by Crippen LogP contribution is 2.13. The fourth-order valence-corrected chi connectivity index (χ4v) is 2.43. The lowest BCUT2D eigenvalue weighted by molar-refractivity contribution is -0.123. The van der Waals surface area contributed by atoms with E-state index in [1.807, 2.05) is 31.2 Å². The molecule has 0 fully saturated rings. The summed E-state index contributed by atoms with van der Waals surface area (Å²) in [7, 11) is 0. The van der Waals surface area contributed by atoms with E-state index in [0.717, 1.165) is 9.13 Å². The third-order valence-electron chi connectivity index (χ3n) is 3.09. The monoisotopic (exact) mass is 469 g/mol. The molecule has 0 saturated carbocycles. The molecular weight excluding hydrogens is 453 g/mol. The van der Waals surface area contributed by atoms with E-state index in [1.165, 1.54) is 0 Å². The third-order valence-corrected chi connectivity index (χ3v) is 4.46. The second-order valence-corrected chi connectivity index (χ2v) is 6.59. The van der Waals surface area contributed by atoms with E-state index in [-0.39, 0.29) is 17.6 Å². The van der Waals surface area contributed by atoms with Crippen molar-refractivity contribution in [3.63, 3.8) is 0 Å². The average Bonchev–Trinajstić information content (AvgIpc) is 2.61. The summed E-state index contributed by atoms with van der Waals surface area (Å²) >= 11 is 7.14. The van der Waals surface area contributed by atoms with E-state index in [1.54, 1.807) is 24.3 Å². The van der Waals surface area contributed by atoms with Gasteiger partial charge in [-0.2, -0.15) is 0 Å². The van der Waals surface area contributed by atoms with Crippen LogP contribution in [0.3, 0.4) is 0 Å². The molecule has 3 N–H and O–H groups in total. The third kappa shape index (κ3) is 6.31. The van der Waals surface area contributed by atoms with Gasteiger partial charge in [0.15, 0.2) is 11.7 Å². The number of hydrogen-bond donors (Lipinski definition) is 3. The maximum Gasteiger partial charge on any atom is 0.276 e. The van der Waals surface area contributed by atoms with Crippen molar-refractivity contribution in [3.05, 3.63) is 63.2 Å². The smallest absolute Gasteiger partial charge is 0.276 e. The summed E-state index contributed by atoms with van der Waals surface area (Å²) in [5.74, 6) is -0.196. The highest BCUT2D eigenvalue weighted by molar-refractivity contribution is 14.1. The van der Waals surface area contributed by atoms with Gasteiger partial charge < -0.3 is 4.74 Å². The van der Waals surface area contributed by atoms with Crippen LogP contribution in [0.5, 0.6) is 5.75 Å². The van der Waals surface area contributed by atoms with Crippen LogP contribution >= 0.6 is 34.8 Å². The highest BCUT2D eigenvalue weighted by atomic mass is 127. The van der Waals surface area contributed by atoms with Crippen molar-refractivity contribution in [2.24, 2.45) is 0 Å².